The first-order chi connectivity index (χ1) is 8.99. The van der Waals surface area contributed by atoms with E-state index in [0.717, 1.165) is 5.56 Å². The maximum absolute atomic E-state index is 11.9. The van der Waals surface area contributed by atoms with Gasteiger partial charge in [-0.1, -0.05) is 12.1 Å². The number of hydrogen-bond donors (Lipinski definition) is 2. The van der Waals surface area contributed by atoms with Gasteiger partial charge in [0.25, 0.3) is 0 Å². The third-order valence-electron chi connectivity index (χ3n) is 2.55. The first-order valence-electron chi connectivity index (χ1n) is 5.85. The summed E-state index contributed by atoms with van der Waals surface area (Å²) in [5.41, 5.74) is 6.31. The second-order valence-corrected chi connectivity index (χ2v) is 5.69. The van der Waals surface area contributed by atoms with Crippen molar-refractivity contribution in [3.05, 3.63) is 29.8 Å². The van der Waals surface area contributed by atoms with E-state index >= 15 is 0 Å². The van der Waals surface area contributed by atoms with Gasteiger partial charge in [-0.05, 0) is 24.1 Å². The quantitative estimate of drug-likeness (QED) is 0.557. The number of hydrogen-bond acceptors (Lipinski definition) is 5. The molecule has 0 unspecified atom stereocenters. The van der Waals surface area contributed by atoms with Crippen molar-refractivity contribution in [1.82, 2.24) is 4.72 Å². The van der Waals surface area contributed by atoms with Gasteiger partial charge in [0.2, 0.25) is 10.0 Å². The number of sulfonamides is 1. The van der Waals surface area contributed by atoms with E-state index in [1.807, 2.05) is 0 Å². The van der Waals surface area contributed by atoms with Crippen LogP contribution in [0, 0.1) is 0 Å². The van der Waals surface area contributed by atoms with Gasteiger partial charge >= 0.3 is 5.97 Å². The van der Waals surface area contributed by atoms with Crippen LogP contribution in [-0.4, -0.2) is 28.0 Å². The van der Waals surface area contributed by atoms with Gasteiger partial charge in [0.1, 0.15) is 0 Å². The topological polar surface area (TPSA) is 98.5 Å². The lowest BCUT2D eigenvalue weighted by atomic mass is 10.2. The molecule has 0 fully saturated rings. The summed E-state index contributed by atoms with van der Waals surface area (Å²) in [5, 5.41) is 0. The van der Waals surface area contributed by atoms with Crippen LogP contribution in [0.25, 0.3) is 0 Å². The van der Waals surface area contributed by atoms with Crippen molar-refractivity contribution in [1.29, 1.82) is 0 Å². The maximum atomic E-state index is 11.9. The Labute approximate surface area is 113 Å². The normalized spacial score (nSPS) is 11.3. The molecule has 1 aromatic rings. The molecule has 7 heteroatoms. The molecule has 1 rings (SSSR count). The van der Waals surface area contributed by atoms with Crippen molar-refractivity contribution in [2.45, 2.75) is 24.3 Å². The van der Waals surface area contributed by atoms with E-state index in [2.05, 4.69) is 9.46 Å². The summed E-state index contributed by atoms with van der Waals surface area (Å²) < 4.78 is 30.7. The van der Waals surface area contributed by atoms with Gasteiger partial charge in [0.05, 0.1) is 12.0 Å². The van der Waals surface area contributed by atoms with E-state index in [1.54, 1.807) is 12.1 Å². The van der Waals surface area contributed by atoms with Crippen molar-refractivity contribution in [2.24, 2.45) is 5.73 Å². The lowest BCUT2D eigenvalue weighted by Crippen LogP contribution is -2.25. The Bertz CT molecular complexity index is 511. The standard InChI is InChI=1S/C12H18N2O4S/c1-18-12(15)3-2-8-14-19(16,17)11-6-4-10(9-13)5-7-11/h4-7,14H,2-3,8-9,13H2,1H3. The lowest BCUT2D eigenvalue weighted by molar-refractivity contribution is -0.140. The number of methoxy groups -OCH3 is 1. The molecule has 1 aromatic carbocycles. The van der Waals surface area contributed by atoms with Crippen LogP contribution in [-0.2, 0) is 26.1 Å². The highest BCUT2D eigenvalue weighted by molar-refractivity contribution is 7.89. The van der Waals surface area contributed by atoms with Crippen molar-refractivity contribution in [3.8, 4) is 0 Å². The number of ether oxygens (including phenoxy) is 1. The summed E-state index contributed by atoms with van der Waals surface area (Å²) in [6.07, 6.45) is 0.581. The Kier molecular flexibility index (Phi) is 5.94. The highest BCUT2D eigenvalue weighted by atomic mass is 32.2. The molecule has 0 aliphatic rings. The van der Waals surface area contributed by atoms with Crippen LogP contribution in [0.15, 0.2) is 29.2 Å². The van der Waals surface area contributed by atoms with E-state index in [9.17, 15) is 13.2 Å². The van der Waals surface area contributed by atoms with Crippen molar-refractivity contribution < 1.29 is 17.9 Å². The molecule has 0 amide bonds. The largest absolute Gasteiger partial charge is 0.469 e. The van der Waals surface area contributed by atoms with Crippen LogP contribution in [0.2, 0.25) is 0 Å². The summed E-state index contributed by atoms with van der Waals surface area (Å²) in [7, 11) is -2.24. The molecule has 0 saturated carbocycles. The molecule has 0 aliphatic carbocycles. The molecule has 0 atom stereocenters. The van der Waals surface area contributed by atoms with E-state index in [1.165, 1.54) is 19.2 Å². The zero-order valence-corrected chi connectivity index (χ0v) is 11.6. The van der Waals surface area contributed by atoms with E-state index in [-0.39, 0.29) is 23.8 Å². The number of carbonyl (C=O) groups excluding carboxylic acids is 1. The van der Waals surface area contributed by atoms with Crippen LogP contribution in [0.5, 0.6) is 0 Å². The minimum absolute atomic E-state index is 0.183. The third-order valence-corrected chi connectivity index (χ3v) is 4.02. The molecule has 0 radical (unpaired) electrons. The molecule has 0 aliphatic heterocycles. The van der Waals surface area contributed by atoms with Gasteiger partial charge in [-0.3, -0.25) is 4.79 Å². The summed E-state index contributed by atoms with van der Waals surface area (Å²) in [4.78, 5) is 11.0. The lowest BCUT2D eigenvalue weighted by Gasteiger charge is -2.07. The highest BCUT2D eigenvalue weighted by Gasteiger charge is 2.13. The average molecular weight is 286 g/mol. The predicted molar refractivity (Wildman–Crippen MR) is 70.8 cm³/mol. The molecule has 6 nitrogen and oxygen atoms in total. The second kappa shape index (κ2) is 7.22. The van der Waals surface area contributed by atoms with Crippen LogP contribution >= 0.6 is 0 Å². The Morgan fingerprint density at radius 3 is 2.47 bits per heavy atom. The minimum atomic E-state index is -3.53. The smallest absolute Gasteiger partial charge is 0.305 e. The predicted octanol–water partition coefficient (Wildman–Crippen LogP) is 0.377. The molecular formula is C12H18N2O4S. The van der Waals surface area contributed by atoms with Gasteiger partial charge in [-0.15, -0.1) is 0 Å². The second-order valence-electron chi connectivity index (χ2n) is 3.93. The van der Waals surface area contributed by atoms with Crippen LogP contribution < -0.4 is 10.5 Å². The van der Waals surface area contributed by atoms with Gasteiger partial charge < -0.3 is 10.5 Å². The number of rotatable bonds is 7. The highest BCUT2D eigenvalue weighted by Crippen LogP contribution is 2.10. The minimum Gasteiger partial charge on any atom is -0.469 e. The third kappa shape index (κ3) is 4.98. The molecule has 3 N–H and O–H groups in total. The summed E-state index contributed by atoms with van der Waals surface area (Å²) in [6, 6.07) is 6.35. The molecule has 0 bridgehead atoms. The van der Waals surface area contributed by atoms with Gasteiger partial charge in [0, 0.05) is 19.5 Å². The number of nitrogens with two attached hydrogens (primary N) is 1. The fourth-order valence-electron chi connectivity index (χ4n) is 1.43. The number of nitrogens with one attached hydrogen (secondary N) is 1. The molecule has 19 heavy (non-hydrogen) atoms. The average Bonchev–Trinajstić information content (AvgIpc) is 2.43. The van der Waals surface area contributed by atoms with Crippen LogP contribution in [0.1, 0.15) is 18.4 Å². The van der Waals surface area contributed by atoms with Gasteiger partial charge in [-0.25, -0.2) is 13.1 Å². The number of benzene rings is 1. The summed E-state index contributed by atoms with van der Waals surface area (Å²) >= 11 is 0. The Morgan fingerprint density at radius 1 is 1.32 bits per heavy atom. The van der Waals surface area contributed by atoms with Crippen molar-refractivity contribution in [2.75, 3.05) is 13.7 Å². The van der Waals surface area contributed by atoms with Gasteiger partial charge in [-0.2, -0.15) is 0 Å². The van der Waals surface area contributed by atoms with E-state index in [4.69, 9.17) is 5.73 Å². The van der Waals surface area contributed by atoms with E-state index < -0.39 is 10.0 Å². The molecule has 0 heterocycles. The Hall–Kier alpha value is -1.44. The van der Waals surface area contributed by atoms with Crippen molar-refractivity contribution in [3.63, 3.8) is 0 Å². The molecule has 0 spiro atoms. The first-order valence-corrected chi connectivity index (χ1v) is 7.33. The Morgan fingerprint density at radius 2 is 1.95 bits per heavy atom. The first kappa shape index (κ1) is 15.6. The molecule has 0 saturated heterocycles. The maximum Gasteiger partial charge on any atom is 0.305 e. The molecule has 0 aromatic heterocycles. The summed E-state index contributed by atoms with van der Waals surface area (Å²) in [5.74, 6) is -0.355. The summed E-state index contributed by atoms with van der Waals surface area (Å²) in [6.45, 7) is 0.558. The van der Waals surface area contributed by atoms with Crippen LogP contribution in [0.3, 0.4) is 0 Å². The zero-order chi connectivity index (χ0) is 14.3. The molecule has 106 valence electrons. The van der Waals surface area contributed by atoms with Crippen molar-refractivity contribution >= 4 is 16.0 Å². The number of esters is 1. The Balaban J connectivity index is 2.53. The SMILES string of the molecule is COC(=O)CCCNS(=O)(=O)c1ccc(CN)cc1. The monoisotopic (exact) mass is 286 g/mol. The van der Waals surface area contributed by atoms with Crippen LogP contribution in [0.4, 0.5) is 0 Å². The fourth-order valence-corrected chi connectivity index (χ4v) is 2.50. The number of carbonyl (C=O) groups is 1. The zero-order valence-electron chi connectivity index (χ0n) is 10.8. The molecular weight excluding hydrogens is 268 g/mol. The fraction of sp³-hybridized carbons (Fsp3) is 0.417. The van der Waals surface area contributed by atoms with Gasteiger partial charge in [0.15, 0.2) is 0 Å². The van der Waals surface area contributed by atoms with E-state index in [0.29, 0.717) is 13.0 Å².